The van der Waals surface area contributed by atoms with Gasteiger partial charge in [-0.25, -0.2) is 9.59 Å². The minimum atomic E-state index is -0.257. The van der Waals surface area contributed by atoms with E-state index >= 15 is 0 Å². The van der Waals surface area contributed by atoms with Gasteiger partial charge in [-0.3, -0.25) is 9.59 Å². The van der Waals surface area contributed by atoms with Crippen LogP contribution in [0.2, 0.25) is 0 Å². The van der Waals surface area contributed by atoms with Crippen molar-refractivity contribution in [1.82, 2.24) is 21.3 Å². The van der Waals surface area contributed by atoms with Crippen molar-refractivity contribution in [3.8, 4) is 0 Å². The highest BCUT2D eigenvalue weighted by Crippen LogP contribution is 2.34. The van der Waals surface area contributed by atoms with E-state index in [0.29, 0.717) is 55.8 Å². The summed E-state index contributed by atoms with van der Waals surface area (Å²) in [6.45, 7) is 1.23. The molecule has 4 fully saturated rings. The van der Waals surface area contributed by atoms with Gasteiger partial charge in [0.15, 0.2) is 0 Å². The number of ketones is 1. The van der Waals surface area contributed by atoms with Crippen LogP contribution in [0.15, 0.2) is 10.2 Å². The molecule has 0 saturated carbocycles. The molecule has 0 bridgehead atoms. The molecule has 0 aromatic heterocycles. The van der Waals surface area contributed by atoms with Crippen LogP contribution in [0.25, 0.3) is 20.9 Å². The molecular weight excluding hydrogens is 618 g/mol. The molecule has 4 rings (SSSR count). The molecule has 6 unspecified atom stereocenters. The van der Waals surface area contributed by atoms with Gasteiger partial charge in [-0.1, -0.05) is 23.1 Å². The fourth-order valence-electron chi connectivity index (χ4n) is 5.18. The Balaban J connectivity index is 0.000000259. The van der Waals surface area contributed by atoms with Crippen LogP contribution in [-0.2, 0) is 9.59 Å². The van der Waals surface area contributed by atoms with Gasteiger partial charge in [0.2, 0.25) is 5.24 Å². The van der Waals surface area contributed by atoms with Crippen molar-refractivity contribution >= 4 is 58.2 Å². The maximum Gasteiger partial charge on any atom is 0.315 e. The van der Waals surface area contributed by atoms with Gasteiger partial charge < -0.3 is 27.0 Å². The average molecular weight is 660 g/mol. The van der Waals surface area contributed by atoms with E-state index in [9.17, 15) is 19.2 Å². The van der Waals surface area contributed by atoms with Gasteiger partial charge in [-0.15, -0.1) is 0 Å². The van der Waals surface area contributed by atoms with Crippen molar-refractivity contribution < 1.29 is 19.2 Å². The van der Waals surface area contributed by atoms with E-state index in [4.69, 9.17) is 28.4 Å². The number of unbranched alkanes of at least 4 members (excludes halogenated alkanes) is 2. The maximum absolute atomic E-state index is 11.6. The Hall–Kier alpha value is -2.55. The zero-order valence-electron chi connectivity index (χ0n) is 24.2. The lowest BCUT2D eigenvalue weighted by atomic mass is 10.0. The monoisotopic (exact) mass is 659 g/mol. The first-order chi connectivity index (χ1) is 20.8. The fourth-order valence-corrected chi connectivity index (χ4v) is 8.40. The maximum atomic E-state index is 11.6. The van der Waals surface area contributed by atoms with Crippen LogP contribution in [-0.4, -0.2) is 88.9 Å². The number of Topliss-reactive ketones (excluding diaryl/α,β-unsaturated/α-hetero) is 1. The van der Waals surface area contributed by atoms with Gasteiger partial charge >= 0.3 is 12.1 Å². The molecule has 43 heavy (non-hydrogen) atoms. The van der Waals surface area contributed by atoms with E-state index < -0.39 is 0 Å². The molecule has 4 amide bonds. The quantitative estimate of drug-likeness (QED) is 0.0405. The Labute approximate surface area is 264 Å². The number of nitrogens with zero attached hydrogens (tertiary/aromatic N) is 6. The van der Waals surface area contributed by atoms with Gasteiger partial charge in [0.1, 0.15) is 5.78 Å². The number of nitrogens with one attached hydrogen (secondary N) is 4. The summed E-state index contributed by atoms with van der Waals surface area (Å²) >= 11 is 9.08. The third-order valence-corrected chi connectivity index (χ3v) is 10.5. The number of azide groups is 2. The van der Waals surface area contributed by atoms with Crippen LogP contribution < -0.4 is 27.0 Å². The third-order valence-electron chi connectivity index (χ3n) is 7.25. The number of halogens is 1. The van der Waals surface area contributed by atoms with Crippen LogP contribution >= 0.6 is 35.1 Å². The predicted octanol–water partition coefficient (Wildman–Crippen LogP) is 4.10. The minimum Gasteiger partial charge on any atom is -0.332 e. The molecule has 240 valence electrons. The van der Waals surface area contributed by atoms with Gasteiger partial charge in [0, 0.05) is 64.2 Å². The van der Waals surface area contributed by atoms with Crippen molar-refractivity contribution in [2.45, 2.75) is 98.9 Å². The Morgan fingerprint density at radius 1 is 0.791 bits per heavy atom. The summed E-state index contributed by atoms with van der Waals surface area (Å²) in [4.78, 5) is 49.7. The summed E-state index contributed by atoms with van der Waals surface area (Å²) in [6.07, 6.45) is 8.04. The summed E-state index contributed by atoms with van der Waals surface area (Å²) in [5, 5.41) is 19.0. The highest BCUT2D eigenvalue weighted by atomic mass is 35.5. The molecule has 15 nitrogen and oxygen atoms in total. The second kappa shape index (κ2) is 21.2. The molecule has 6 atom stereocenters. The number of rotatable bonds is 16. The molecule has 0 aromatic rings. The lowest BCUT2D eigenvalue weighted by molar-refractivity contribution is -0.119. The first-order valence-electron chi connectivity index (χ1n) is 14.6. The van der Waals surface area contributed by atoms with Crippen LogP contribution in [0, 0.1) is 0 Å². The second-order valence-electron chi connectivity index (χ2n) is 10.4. The Kier molecular flexibility index (Phi) is 18.1. The molecule has 6 N–H and O–H groups in total. The van der Waals surface area contributed by atoms with Crippen LogP contribution in [0.5, 0.6) is 0 Å². The summed E-state index contributed by atoms with van der Waals surface area (Å²) in [5.41, 5.74) is 20.7. The Morgan fingerprint density at radius 2 is 1.28 bits per heavy atom. The summed E-state index contributed by atoms with van der Waals surface area (Å²) in [5.74, 6) is 2.21. The number of hydrogen-bond donors (Lipinski definition) is 5. The smallest absolute Gasteiger partial charge is 0.315 e. The summed E-state index contributed by atoms with van der Waals surface area (Å²) in [7, 11) is 0. The molecule has 4 saturated heterocycles. The molecule has 4 aliphatic heterocycles. The summed E-state index contributed by atoms with van der Waals surface area (Å²) < 4.78 is 0. The largest absolute Gasteiger partial charge is 0.332 e. The van der Waals surface area contributed by atoms with E-state index in [-0.39, 0.29) is 47.3 Å². The van der Waals surface area contributed by atoms with E-state index in [1.165, 1.54) is 0 Å². The molecule has 0 radical (unpaired) electrons. The molecule has 4 heterocycles. The van der Waals surface area contributed by atoms with E-state index in [1.807, 2.05) is 23.5 Å². The fraction of sp³-hybridized carbons (Fsp3) is 0.840. The number of carbonyl (C=O) groups excluding carboxylic acids is 4. The van der Waals surface area contributed by atoms with Crippen molar-refractivity contribution in [1.29, 1.82) is 0 Å². The van der Waals surface area contributed by atoms with Crippen molar-refractivity contribution in [3.05, 3.63) is 20.9 Å². The normalized spacial score (nSPS) is 25.9. The third kappa shape index (κ3) is 14.2. The van der Waals surface area contributed by atoms with E-state index in [2.05, 4.69) is 41.3 Å². The first-order valence-corrected chi connectivity index (χ1v) is 17.1. The van der Waals surface area contributed by atoms with Gasteiger partial charge in [0.25, 0.3) is 0 Å². The van der Waals surface area contributed by atoms with Crippen molar-refractivity contribution in [2.75, 3.05) is 31.1 Å². The number of nitrogens with two attached hydrogens (primary N) is 1. The van der Waals surface area contributed by atoms with E-state index in [1.54, 1.807) is 0 Å². The second-order valence-corrected chi connectivity index (χ2v) is 13.4. The van der Waals surface area contributed by atoms with Gasteiger partial charge in [-0.05, 0) is 61.3 Å². The number of thioether (sulfide) groups is 2. The van der Waals surface area contributed by atoms with Crippen LogP contribution in [0.3, 0.4) is 0 Å². The predicted molar refractivity (Wildman–Crippen MR) is 170 cm³/mol. The summed E-state index contributed by atoms with van der Waals surface area (Å²) in [6, 6.07) is 0.986. The molecule has 0 aliphatic carbocycles. The molecule has 4 aliphatic rings. The number of fused-ring (bicyclic) bond motifs is 2. The van der Waals surface area contributed by atoms with Crippen LogP contribution in [0.4, 0.5) is 9.59 Å². The van der Waals surface area contributed by atoms with Gasteiger partial charge in [0.05, 0.1) is 24.2 Å². The highest BCUT2D eigenvalue weighted by molar-refractivity contribution is 8.00. The number of carbonyl (C=O) groups is 4. The Bertz CT molecular complexity index is 1030. The molecular formula is C25H42ClN11O4S2. The number of hydrogen-bond acceptors (Lipinski definition) is 9. The van der Waals surface area contributed by atoms with Crippen molar-refractivity contribution in [3.63, 3.8) is 0 Å². The zero-order valence-corrected chi connectivity index (χ0v) is 26.5. The average Bonchev–Trinajstić information content (AvgIpc) is 3.73. The first kappa shape index (κ1) is 36.6. The van der Waals surface area contributed by atoms with E-state index in [0.717, 1.165) is 50.0 Å². The minimum absolute atomic E-state index is 0.0452. The number of urea groups is 2. The number of amides is 4. The van der Waals surface area contributed by atoms with Gasteiger partial charge in [-0.2, -0.15) is 23.5 Å². The molecule has 0 spiro atoms. The van der Waals surface area contributed by atoms with Crippen molar-refractivity contribution in [2.24, 2.45) is 16.0 Å². The lowest BCUT2D eigenvalue weighted by Crippen LogP contribution is -2.36. The molecule has 0 aromatic carbocycles. The Morgan fingerprint density at radius 3 is 1.74 bits per heavy atom. The highest BCUT2D eigenvalue weighted by Gasteiger charge is 2.43. The van der Waals surface area contributed by atoms with Crippen LogP contribution in [0.1, 0.15) is 64.2 Å². The lowest BCUT2D eigenvalue weighted by Gasteiger charge is -2.16. The topological polar surface area (TPSA) is 240 Å². The standard InChI is InChI=1S/C13H21N5O2S.C10H15ClN2O2S.C2H6N4/c14-18-15-7-3-5-9(19)4-1-2-6-11-12-10(8-21-11)16-13(20)17-12;11-8(14)4-2-1-3-7-9-6(5-16-7)12-10(15)13-9;3-1-2-5-6-4/h10-12H,1-8H2,(H2,16,17,20);6-7,9H,1-5H2,(H2,12,13,15);1-3H2. The zero-order chi connectivity index (χ0) is 31.5. The molecule has 18 heteroatoms. The SMILES string of the molecule is O=C(Cl)CCCCC1SCC2NC(=O)NC21.[N-]=[N+]=NCCCC(=O)CCCCC1SCC2NC(=O)NC21.[N-]=[N+]=NCCN.